The normalized spacial score (nSPS) is 11.1. The van der Waals surface area contributed by atoms with Gasteiger partial charge >= 0.3 is 0 Å². The quantitative estimate of drug-likeness (QED) is 0.628. The Labute approximate surface area is 117 Å². The number of aryl methyl sites for hydroxylation is 2. The largest absolute Gasteiger partial charge is 0.289 e. The molecule has 4 heteroatoms. The molecule has 0 aliphatic heterocycles. The minimum absolute atomic E-state index is 0.0417. The van der Waals surface area contributed by atoms with Crippen molar-refractivity contribution in [3.63, 3.8) is 0 Å². The highest BCUT2D eigenvalue weighted by molar-refractivity contribution is 6.31. The molecule has 0 N–H and O–H groups in total. The molecule has 0 saturated heterocycles. The second kappa shape index (κ2) is 5.85. The maximum absolute atomic E-state index is 12.0. The van der Waals surface area contributed by atoms with Gasteiger partial charge in [-0.05, 0) is 26.0 Å². The second-order valence-corrected chi connectivity index (χ2v) is 4.66. The monoisotopic (exact) mass is 274 g/mol. The van der Waals surface area contributed by atoms with Crippen LogP contribution in [0.3, 0.4) is 0 Å². The summed E-state index contributed by atoms with van der Waals surface area (Å²) >= 11 is 6.03. The first kappa shape index (κ1) is 13.6. The number of carbonyl (C=O) groups excluding carboxylic acids is 1. The molecule has 0 aliphatic rings. The topological polar surface area (TPSA) is 34.9 Å². The van der Waals surface area contributed by atoms with Crippen LogP contribution in [0.2, 0.25) is 5.02 Å². The number of allylic oxidation sites excluding steroid dienone is 1. The molecule has 0 spiro atoms. The van der Waals surface area contributed by atoms with E-state index in [1.54, 1.807) is 17.0 Å². The Bertz CT molecular complexity index is 612. The van der Waals surface area contributed by atoms with Gasteiger partial charge in [0.25, 0.3) is 0 Å². The molecule has 0 unspecified atom stereocenters. The van der Waals surface area contributed by atoms with Gasteiger partial charge in [0.05, 0.1) is 16.9 Å². The van der Waals surface area contributed by atoms with Gasteiger partial charge in [0.1, 0.15) is 0 Å². The van der Waals surface area contributed by atoms with Gasteiger partial charge in [-0.15, -0.1) is 0 Å². The third-order valence-corrected chi connectivity index (χ3v) is 3.15. The number of aromatic nitrogens is 2. The Balaban J connectivity index is 2.20. The van der Waals surface area contributed by atoms with E-state index < -0.39 is 0 Å². The Morgan fingerprint density at radius 1 is 1.37 bits per heavy atom. The van der Waals surface area contributed by atoms with Crippen LogP contribution in [0.1, 0.15) is 28.5 Å². The van der Waals surface area contributed by atoms with Gasteiger partial charge in [-0.2, -0.15) is 5.10 Å². The molecule has 0 amide bonds. The van der Waals surface area contributed by atoms with Crippen LogP contribution in [0.5, 0.6) is 0 Å². The summed E-state index contributed by atoms with van der Waals surface area (Å²) < 4.78 is 1.75. The molecule has 0 fully saturated rings. The molecule has 1 aromatic heterocycles. The summed E-state index contributed by atoms with van der Waals surface area (Å²) in [4.78, 5) is 12.0. The molecule has 2 rings (SSSR count). The van der Waals surface area contributed by atoms with E-state index in [-0.39, 0.29) is 5.78 Å². The van der Waals surface area contributed by atoms with E-state index in [0.29, 0.717) is 17.1 Å². The van der Waals surface area contributed by atoms with Crippen LogP contribution in [0.15, 0.2) is 36.5 Å². The lowest BCUT2D eigenvalue weighted by Gasteiger charge is -2.00. The molecule has 0 bridgehead atoms. The van der Waals surface area contributed by atoms with E-state index in [2.05, 4.69) is 5.10 Å². The van der Waals surface area contributed by atoms with Crippen molar-refractivity contribution < 1.29 is 4.79 Å². The van der Waals surface area contributed by atoms with Crippen molar-refractivity contribution in [2.45, 2.75) is 20.4 Å². The molecule has 19 heavy (non-hydrogen) atoms. The van der Waals surface area contributed by atoms with Crippen molar-refractivity contribution in [2.75, 3.05) is 0 Å². The van der Waals surface area contributed by atoms with Crippen molar-refractivity contribution in [3.05, 3.63) is 58.4 Å². The molecule has 0 atom stereocenters. The molecule has 1 aromatic carbocycles. The van der Waals surface area contributed by atoms with Gasteiger partial charge in [-0.25, -0.2) is 0 Å². The summed E-state index contributed by atoms with van der Waals surface area (Å²) in [6.45, 7) is 4.68. The Morgan fingerprint density at radius 3 is 2.68 bits per heavy atom. The first-order chi connectivity index (χ1) is 9.11. The fourth-order valence-electron chi connectivity index (χ4n) is 1.76. The number of nitrogens with zero attached hydrogens (tertiary/aromatic N) is 2. The predicted octanol–water partition coefficient (Wildman–Crippen LogP) is 3.76. The number of carbonyl (C=O) groups is 1. The summed E-state index contributed by atoms with van der Waals surface area (Å²) in [5.41, 5.74) is 2.55. The van der Waals surface area contributed by atoms with Crippen molar-refractivity contribution in [1.82, 2.24) is 9.78 Å². The minimum Gasteiger partial charge on any atom is -0.289 e. The zero-order chi connectivity index (χ0) is 13.8. The van der Waals surface area contributed by atoms with Gasteiger partial charge < -0.3 is 0 Å². The molecule has 2 aromatic rings. The standard InChI is InChI=1S/C15H15ClN2O/c1-3-18-14(13(16)10-17-18)8-9-15(19)12-6-4-11(2)5-7-12/h4-10H,3H2,1-2H3/b9-8+. The third kappa shape index (κ3) is 3.12. The first-order valence-electron chi connectivity index (χ1n) is 6.12. The van der Waals surface area contributed by atoms with Crippen molar-refractivity contribution in [3.8, 4) is 0 Å². The molecule has 98 valence electrons. The number of benzene rings is 1. The van der Waals surface area contributed by atoms with Crippen LogP contribution in [-0.4, -0.2) is 15.6 Å². The molecule has 0 saturated carbocycles. The zero-order valence-electron chi connectivity index (χ0n) is 10.9. The highest BCUT2D eigenvalue weighted by Crippen LogP contribution is 2.17. The Morgan fingerprint density at radius 2 is 2.05 bits per heavy atom. The van der Waals surface area contributed by atoms with Crippen molar-refractivity contribution in [1.29, 1.82) is 0 Å². The fraction of sp³-hybridized carbons (Fsp3) is 0.200. The number of rotatable bonds is 4. The van der Waals surface area contributed by atoms with Crippen molar-refractivity contribution >= 4 is 23.5 Å². The van der Waals surface area contributed by atoms with E-state index in [1.807, 2.05) is 38.1 Å². The Hall–Kier alpha value is -1.87. The lowest BCUT2D eigenvalue weighted by atomic mass is 10.1. The minimum atomic E-state index is -0.0417. The van der Waals surface area contributed by atoms with Crippen LogP contribution in [0, 0.1) is 6.92 Å². The van der Waals surface area contributed by atoms with E-state index in [0.717, 1.165) is 11.3 Å². The van der Waals surface area contributed by atoms with Crippen LogP contribution in [-0.2, 0) is 6.54 Å². The molecular weight excluding hydrogens is 260 g/mol. The SMILES string of the molecule is CCn1ncc(Cl)c1/C=C/C(=O)c1ccc(C)cc1. The van der Waals surface area contributed by atoms with E-state index >= 15 is 0 Å². The summed E-state index contributed by atoms with van der Waals surface area (Å²) in [5, 5.41) is 4.67. The van der Waals surface area contributed by atoms with Gasteiger partial charge in [-0.3, -0.25) is 9.48 Å². The van der Waals surface area contributed by atoms with Gasteiger partial charge in [0, 0.05) is 12.1 Å². The number of hydrogen-bond acceptors (Lipinski definition) is 2. The average molecular weight is 275 g/mol. The molecule has 0 radical (unpaired) electrons. The number of ketones is 1. The zero-order valence-corrected chi connectivity index (χ0v) is 11.7. The molecule has 3 nitrogen and oxygen atoms in total. The average Bonchev–Trinajstić information content (AvgIpc) is 2.77. The highest BCUT2D eigenvalue weighted by Gasteiger charge is 2.06. The van der Waals surface area contributed by atoms with Crippen LogP contribution in [0.4, 0.5) is 0 Å². The van der Waals surface area contributed by atoms with Gasteiger partial charge in [-0.1, -0.05) is 41.4 Å². The van der Waals surface area contributed by atoms with Gasteiger partial charge in [0.15, 0.2) is 5.78 Å². The van der Waals surface area contributed by atoms with Gasteiger partial charge in [0.2, 0.25) is 0 Å². The van der Waals surface area contributed by atoms with Crippen LogP contribution in [0.25, 0.3) is 6.08 Å². The van der Waals surface area contributed by atoms with E-state index in [1.165, 1.54) is 6.08 Å². The lowest BCUT2D eigenvalue weighted by Crippen LogP contribution is -1.99. The summed E-state index contributed by atoms with van der Waals surface area (Å²) in [5.74, 6) is -0.0417. The number of hydrogen-bond donors (Lipinski definition) is 0. The van der Waals surface area contributed by atoms with Crippen LogP contribution < -0.4 is 0 Å². The second-order valence-electron chi connectivity index (χ2n) is 4.26. The smallest absolute Gasteiger partial charge is 0.185 e. The first-order valence-corrected chi connectivity index (χ1v) is 6.50. The molecular formula is C15H15ClN2O. The lowest BCUT2D eigenvalue weighted by molar-refractivity contribution is 0.104. The number of halogens is 1. The van der Waals surface area contributed by atoms with E-state index in [4.69, 9.17) is 11.6 Å². The maximum Gasteiger partial charge on any atom is 0.185 e. The fourth-order valence-corrected chi connectivity index (χ4v) is 1.96. The summed E-state index contributed by atoms with van der Waals surface area (Å²) in [7, 11) is 0. The van der Waals surface area contributed by atoms with Crippen molar-refractivity contribution in [2.24, 2.45) is 0 Å². The Kier molecular flexibility index (Phi) is 4.17. The van der Waals surface area contributed by atoms with E-state index in [9.17, 15) is 4.79 Å². The summed E-state index contributed by atoms with van der Waals surface area (Å²) in [6.07, 6.45) is 4.82. The highest BCUT2D eigenvalue weighted by atomic mass is 35.5. The maximum atomic E-state index is 12.0. The summed E-state index contributed by atoms with van der Waals surface area (Å²) in [6, 6.07) is 7.48. The predicted molar refractivity (Wildman–Crippen MR) is 77.5 cm³/mol. The molecule has 1 heterocycles. The van der Waals surface area contributed by atoms with Crippen LogP contribution >= 0.6 is 11.6 Å². The molecule has 0 aliphatic carbocycles. The third-order valence-electron chi connectivity index (χ3n) is 2.86.